The maximum absolute atomic E-state index is 12.2. The Morgan fingerprint density at radius 1 is 1.17 bits per heavy atom. The van der Waals surface area contributed by atoms with Crippen molar-refractivity contribution in [2.45, 2.75) is 58.3 Å². The molecule has 1 fully saturated rings. The summed E-state index contributed by atoms with van der Waals surface area (Å²) in [5.74, 6) is 1.18. The van der Waals surface area contributed by atoms with E-state index in [-0.39, 0.29) is 18.5 Å². The van der Waals surface area contributed by atoms with Crippen molar-refractivity contribution in [3.8, 4) is 11.5 Å². The Morgan fingerprint density at radius 2 is 1.97 bits per heavy atom. The summed E-state index contributed by atoms with van der Waals surface area (Å²) in [6, 6.07) is 13.4. The summed E-state index contributed by atoms with van der Waals surface area (Å²) < 4.78 is 23.9. The molecule has 0 amide bonds. The van der Waals surface area contributed by atoms with Gasteiger partial charge in [0.25, 0.3) is 0 Å². The number of rotatable bonds is 8. The first-order valence-electron chi connectivity index (χ1n) is 10.2. The number of hydrogen-bond acceptors (Lipinski definition) is 5. The molecule has 162 valence electrons. The summed E-state index contributed by atoms with van der Waals surface area (Å²) in [5, 5.41) is 0. The predicted octanol–water partition coefficient (Wildman–Crippen LogP) is 5.47. The van der Waals surface area contributed by atoms with E-state index in [0.717, 1.165) is 40.8 Å². The Balaban J connectivity index is 1.61. The minimum atomic E-state index is -0.511. The van der Waals surface area contributed by atoms with Gasteiger partial charge in [-0.3, -0.25) is 4.79 Å². The van der Waals surface area contributed by atoms with E-state index in [1.807, 2.05) is 63.2 Å². The number of para-hydroxylation sites is 1. The fraction of sp³-hybridized carbons (Fsp3) is 0.458. The first-order valence-corrected chi connectivity index (χ1v) is 11.0. The molecule has 1 unspecified atom stereocenters. The van der Waals surface area contributed by atoms with Crippen LogP contribution in [0.25, 0.3) is 0 Å². The minimum absolute atomic E-state index is 0.168. The monoisotopic (exact) mass is 476 g/mol. The minimum Gasteiger partial charge on any atom is -0.491 e. The van der Waals surface area contributed by atoms with Crippen LogP contribution in [0.3, 0.4) is 0 Å². The van der Waals surface area contributed by atoms with E-state index >= 15 is 0 Å². The Morgan fingerprint density at radius 3 is 2.70 bits per heavy atom. The van der Waals surface area contributed by atoms with Gasteiger partial charge in [0.2, 0.25) is 0 Å². The van der Waals surface area contributed by atoms with Crippen molar-refractivity contribution in [3.63, 3.8) is 0 Å². The Labute approximate surface area is 186 Å². The van der Waals surface area contributed by atoms with Gasteiger partial charge >= 0.3 is 5.97 Å². The largest absolute Gasteiger partial charge is 0.491 e. The first-order chi connectivity index (χ1) is 14.3. The van der Waals surface area contributed by atoms with Gasteiger partial charge in [-0.1, -0.05) is 34.1 Å². The second-order valence-electron chi connectivity index (χ2n) is 8.40. The van der Waals surface area contributed by atoms with Crippen molar-refractivity contribution in [1.29, 1.82) is 0 Å². The molecule has 0 aromatic heterocycles. The number of halogens is 1. The molecule has 1 aliphatic rings. The molecule has 30 heavy (non-hydrogen) atoms. The van der Waals surface area contributed by atoms with E-state index in [1.54, 1.807) is 0 Å². The molecule has 1 saturated heterocycles. The molecular weight excluding hydrogens is 448 g/mol. The highest BCUT2D eigenvalue weighted by molar-refractivity contribution is 9.10. The molecule has 0 N–H and O–H groups in total. The second kappa shape index (κ2) is 10.3. The van der Waals surface area contributed by atoms with E-state index in [1.165, 1.54) is 0 Å². The smallest absolute Gasteiger partial charge is 0.310 e. The fourth-order valence-corrected chi connectivity index (χ4v) is 3.76. The summed E-state index contributed by atoms with van der Waals surface area (Å²) >= 11 is 3.54. The van der Waals surface area contributed by atoms with Gasteiger partial charge < -0.3 is 18.9 Å². The van der Waals surface area contributed by atoms with E-state index < -0.39 is 5.60 Å². The number of carbonyl (C=O) groups excluding carboxylic acids is 1. The van der Waals surface area contributed by atoms with E-state index in [0.29, 0.717) is 19.0 Å². The van der Waals surface area contributed by atoms with Gasteiger partial charge in [0.1, 0.15) is 30.3 Å². The van der Waals surface area contributed by atoms with Crippen LogP contribution in [0.5, 0.6) is 11.5 Å². The normalized spacial score (nSPS) is 16.3. The Bertz CT molecular complexity index is 853. The van der Waals surface area contributed by atoms with Crippen LogP contribution >= 0.6 is 15.9 Å². The fourth-order valence-electron chi connectivity index (χ4n) is 3.24. The zero-order valence-electron chi connectivity index (χ0n) is 17.8. The van der Waals surface area contributed by atoms with Gasteiger partial charge in [-0.15, -0.1) is 0 Å². The van der Waals surface area contributed by atoms with Crippen LogP contribution in [-0.2, 0) is 27.3 Å². The summed E-state index contributed by atoms with van der Waals surface area (Å²) in [4.78, 5) is 12.2. The van der Waals surface area contributed by atoms with Crippen LogP contribution in [0.15, 0.2) is 46.9 Å². The molecule has 0 aliphatic carbocycles. The van der Waals surface area contributed by atoms with Crippen LogP contribution in [0.4, 0.5) is 0 Å². The van der Waals surface area contributed by atoms with Crippen molar-refractivity contribution < 1.29 is 23.7 Å². The van der Waals surface area contributed by atoms with Crippen molar-refractivity contribution in [2.24, 2.45) is 0 Å². The summed E-state index contributed by atoms with van der Waals surface area (Å²) in [6.07, 6.45) is 2.47. The lowest BCUT2D eigenvalue weighted by atomic mass is 10.1. The number of esters is 1. The standard InChI is InChI=1S/C24H29BrO5/c1-24(2,3)30-23(26)13-18-7-4-5-9-22(18)29-15-17-11-19(25)14-21(12-17)28-16-20-8-6-10-27-20/h4-5,7,9,11-12,14,20H,6,8,10,13,15-16H2,1-3H3. The molecule has 0 radical (unpaired) electrons. The van der Waals surface area contributed by atoms with Crippen molar-refractivity contribution in [1.82, 2.24) is 0 Å². The summed E-state index contributed by atoms with van der Waals surface area (Å²) in [7, 11) is 0. The quantitative estimate of drug-likeness (QED) is 0.472. The molecule has 0 spiro atoms. The van der Waals surface area contributed by atoms with Gasteiger partial charge in [-0.2, -0.15) is 0 Å². The maximum Gasteiger partial charge on any atom is 0.310 e. The van der Waals surface area contributed by atoms with Crippen LogP contribution < -0.4 is 9.47 Å². The molecule has 0 saturated carbocycles. The maximum atomic E-state index is 12.2. The number of ether oxygens (including phenoxy) is 4. The molecule has 5 nitrogen and oxygen atoms in total. The molecule has 3 rings (SSSR count). The van der Waals surface area contributed by atoms with E-state index in [9.17, 15) is 4.79 Å². The zero-order valence-corrected chi connectivity index (χ0v) is 19.4. The van der Waals surface area contributed by atoms with Crippen molar-refractivity contribution in [3.05, 3.63) is 58.1 Å². The molecule has 6 heteroatoms. The second-order valence-corrected chi connectivity index (χ2v) is 9.32. The van der Waals surface area contributed by atoms with Gasteiger partial charge in [-0.25, -0.2) is 0 Å². The average molecular weight is 477 g/mol. The van der Waals surface area contributed by atoms with Gasteiger partial charge in [0.05, 0.1) is 12.5 Å². The molecular formula is C24H29BrO5. The third-order valence-electron chi connectivity index (χ3n) is 4.51. The Hall–Kier alpha value is -2.05. The number of benzene rings is 2. The zero-order chi connectivity index (χ0) is 21.6. The van der Waals surface area contributed by atoms with Crippen molar-refractivity contribution in [2.75, 3.05) is 13.2 Å². The van der Waals surface area contributed by atoms with Crippen LogP contribution in [0, 0.1) is 0 Å². The highest BCUT2D eigenvalue weighted by Gasteiger charge is 2.18. The lowest BCUT2D eigenvalue weighted by Crippen LogP contribution is -2.25. The predicted molar refractivity (Wildman–Crippen MR) is 119 cm³/mol. The lowest BCUT2D eigenvalue weighted by Gasteiger charge is -2.20. The average Bonchev–Trinajstić information content (AvgIpc) is 3.17. The molecule has 2 aromatic rings. The lowest BCUT2D eigenvalue weighted by molar-refractivity contribution is -0.153. The van der Waals surface area contributed by atoms with Gasteiger partial charge in [0, 0.05) is 16.6 Å². The molecule has 1 aliphatic heterocycles. The van der Waals surface area contributed by atoms with E-state index in [4.69, 9.17) is 18.9 Å². The highest BCUT2D eigenvalue weighted by atomic mass is 79.9. The van der Waals surface area contributed by atoms with Gasteiger partial charge in [0.15, 0.2) is 0 Å². The van der Waals surface area contributed by atoms with Gasteiger partial charge in [-0.05, 0) is 63.4 Å². The number of carbonyl (C=O) groups is 1. The summed E-state index contributed by atoms with van der Waals surface area (Å²) in [5.41, 5.74) is 1.26. The van der Waals surface area contributed by atoms with E-state index in [2.05, 4.69) is 15.9 Å². The van der Waals surface area contributed by atoms with Crippen LogP contribution in [0.1, 0.15) is 44.7 Å². The molecule has 1 atom stereocenters. The highest BCUT2D eigenvalue weighted by Crippen LogP contribution is 2.26. The summed E-state index contributed by atoms with van der Waals surface area (Å²) in [6.45, 7) is 7.31. The topological polar surface area (TPSA) is 54.0 Å². The molecule has 1 heterocycles. The first kappa shape index (κ1) is 22.6. The number of hydrogen-bond donors (Lipinski definition) is 0. The molecule has 2 aromatic carbocycles. The third-order valence-corrected chi connectivity index (χ3v) is 4.97. The van der Waals surface area contributed by atoms with Crippen LogP contribution in [-0.4, -0.2) is 30.9 Å². The van der Waals surface area contributed by atoms with Crippen LogP contribution in [0.2, 0.25) is 0 Å². The SMILES string of the molecule is CC(C)(C)OC(=O)Cc1ccccc1OCc1cc(Br)cc(OCC2CCCO2)c1. The Kier molecular flexibility index (Phi) is 7.78. The van der Waals surface area contributed by atoms with Crippen molar-refractivity contribution >= 4 is 21.9 Å². The third kappa shape index (κ3) is 7.33. The molecule has 0 bridgehead atoms.